The van der Waals surface area contributed by atoms with Gasteiger partial charge in [-0.05, 0) is 74.6 Å². The van der Waals surface area contributed by atoms with Gasteiger partial charge in [-0.3, -0.25) is 9.69 Å². The molecule has 0 saturated carbocycles. The zero-order valence-corrected chi connectivity index (χ0v) is 21.7. The van der Waals surface area contributed by atoms with Gasteiger partial charge in [0.05, 0.1) is 33.0 Å². The van der Waals surface area contributed by atoms with Crippen molar-refractivity contribution in [3.05, 3.63) is 64.4 Å². The molecule has 0 unspecified atom stereocenters. The normalized spacial score (nSPS) is 13.9. The fourth-order valence-electron chi connectivity index (χ4n) is 4.15. The van der Waals surface area contributed by atoms with E-state index in [1.54, 1.807) is 0 Å². The Morgan fingerprint density at radius 3 is 2.47 bits per heavy atom. The number of morpholine rings is 1. The first kappa shape index (κ1) is 25.9. The molecule has 1 aromatic heterocycles. The number of aromatic amines is 1. The minimum atomic E-state index is -0.119. The molecule has 2 N–H and O–H groups in total. The third-order valence-corrected chi connectivity index (χ3v) is 6.42. The van der Waals surface area contributed by atoms with Gasteiger partial charge in [0.1, 0.15) is 11.5 Å². The van der Waals surface area contributed by atoms with Crippen LogP contribution in [-0.2, 0) is 11.3 Å². The van der Waals surface area contributed by atoms with Gasteiger partial charge >= 0.3 is 0 Å². The number of ether oxygens (including phenoxy) is 3. The molecule has 2 heterocycles. The summed E-state index contributed by atoms with van der Waals surface area (Å²) in [5.41, 5.74) is 2.18. The van der Waals surface area contributed by atoms with E-state index in [9.17, 15) is 4.79 Å². The number of nitrogens with one attached hydrogen (secondary N) is 2. The molecule has 0 radical (unpaired) electrons. The lowest BCUT2D eigenvalue weighted by atomic mass is 10.1. The van der Waals surface area contributed by atoms with Crippen LogP contribution in [0.2, 0.25) is 0 Å². The van der Waals surface area contributed by atoms with Crippen LogP contribution in [0.4, 0.5) is 5.69 Å². The summed E-state index contributed by atoms with van der Waals surface area (Å²) in [7, 11) is 0. The van der Waals surface area contributed by atoms with Crippen molar-refractivity contribution in [3.63, 3.8) is 0 Å². The standard InChI is InChI=1S/C27H34N4O4S/c1-3-34-23-7-5-22(6-8-23)28-27(36)31(12-11-30-13-15-33-16-14-30)19-21-17-20-18-24(35-4-2)9-10-25(20)29-26(21)32/h5-10,17-18H,3-4,11-16,19H2,1-2H3,(H,28,36)(H,29,32). The Labute approximate surface area is 217 Å². The average Bonchev–Trinajstić information content (AvgIpc) is 2.89. The molecule has 4 rings (SSSR count). The van der Waals surface area contributed by atoms with Crippen molar-refractivity contribution in [1.82, 2.24) is 14.8 Å². The first-order valence-corrected chi connectivity index (χ1v) is 12.8. The molecule has 9 heteroatoms. The minimum Gasteiger partial charge on any atom is -0.494 e. The van der Waals surface area contributed by atoms with Crippen LogP contribution in [-0.4, -0.2) is 72.5 Å². The fraction of sp³-hybridized carbons (Fsp3) is 0.407. The van der Waals surface area contributed by atoms with Gasteiger partial charge in [-0.2, -0.15) is 0 Å². The second-order valence-electron chi connectivity index (χ2n) is 8.57. The third-order valence-electron chi connectivity index (χ3n) is 6.06. The highest BCUT2D eigenvalue weighted by Crippen LogP contribution is 2.20. The van der Waals surface area contributed by atoms with Crippen LogP contribution in [0.25, 0.3) is 10.9 Å². The number of pyridine rings is 1. The minimum absolute atomic E-state index is 0.119. The Balaban J connectivity index is 1.54. The van der Waals surface area contributed by atoms with Crippen molar-refractivity contribution in [2.45, 2.75) is 20.4 Å². The van der Waals surface area contributed by atoms with Crippen molar-refractivity contribution < 1.29 is 14.2 Å². The summed E-state index contributed by atoms with van der Waals surface area (Å²) in [5.74, 6) is 1.59. The molecule has 36 heavy (non-hydrogen) atoms. The molecule has 2 aromatic carbocycles. The maximum Gasteiger partial charge on any atom is 0.253 e. The molecule has 1 fully saturated rings. The molecular weight excluding hydrogens is 476 g/mol. The van der Waals surface area contributed by atoms with E-state index < -0.39 is 0 Å². The molecule has 0 amide bonds. The molecule has 1 aliphatic rings. The van der Waals surface area contributed by atoms with Gasteiger partial charge in [0.15, 0.2) is 5.11 Å². The van der Waals surface area contributed by atoms with Gasteiger partial charge in [0.25, 0.3) is 5.56 Å². The van der Waals surface area contributed by atoms with Gasteiger partial charge in [0.2, 0.25) is 0 Å². The number of fused-ring (bicyclic) bond motifs is 1. The van der Waals surface area contributed by atoms with E-state index in [2.05, 4.69) is 15.2 Å². The van der Waals surface area contributed by atoms with E-state index in [0.717, 1.165) is 60.9 Å². The fourth-order valence-corrected chi connectivity index (χ4v) is 4.43. The molecular formula is C27H34N4O4S. The summed E-state index contributed by atoms with van der Waals surface area (Å²) < 4.78 is 16.7. The van der Waals surface area contributed by atoms with Gasteiger partial charge < -0.3 is 29.4 Å². The Morgan fingerprint density at radius 1 is 1.06 bits per heavy atom. The summed E-state index contributed by atoms with van der Waals surface area (Å²) in [6.07, 6.45) is 0. The Bertz CT molecular complexity index is 1210. The topological polar surface area (TPSA) is 79.1 Å². The SMILES string of the molecule is CCOc1ccc(NC(=S)N(CCN2CCOCC2)Cc2cc3cc(OCC)ccc3[nH]c2=O)cc1. The molecule has 0 spiro atoms. The summed E-state index contributed by atoms with van der Waals surface area (Å²) >= 11 is 5.81. The largest absolute Gasteiger partial charge is 0.494 e. The lowest BCUT2D eigenvalue weighted by Crippen LogP contribution is -2.44. The number of hydrogen-bond donors (Lipinski definition) is 2. The molecule has 3 aromatic rings. The zero-order valence-electron chi connectivity index (χ0n) is 20.9. The Hall–Kier alpha value is -3.14. The highest BCUT2D eigenvalue weighted by Gasteiger charge is 2.17. The number of aromatic nitrogens is 1. The van der Waals surface area contributed by atoms with Crippen LogP contribution < -0.4 is 20.3 Å². The smallest absolute Gasteiger partial charge is 0.253 e. The van der Waals surface area contributed by atoms with Crippen molar-refractivity contribution in [3.8, 4) is 11.5 Å². The molecule has 0 aliphatic carbocycles. The Kier molecular flexibility index (Phi) is 9.16. The highest BCUT2D eigenvalue weighted by atomic mass is 32.1. The number of thiocarbonyl (C=S) groups is 1. The average molecular weight is 511 g/mol. The predicted octanol–water partition coefficient (Wildman–Crippen LogP) is 3.86. The lowest BCUT2D eigenvalue weighted by Gasteiger charge is -2.31. The van der Waals surface area contributed by atoms with E-state index >= 15 is 0 Å². The number of anilines is 1. The van der Waals surface area contributed by atoms with Crippen molar-refractivity contribution in [2.75, 3.05) is 57.9 Å². The number of H-pyrrole nitrogens is 1. The van der Waals surface area contributed by atoms with Crippen LogP contribution in [0.1, 0.15) is 19.4 Å². The van der Waals surface area contributed by atoms with Crippen LogP contribution in [0.15, 0.2) is 53.3 Å². The van der Waals surface area contributed by atoms with Gasteiger partial charge in [0, 0.05) is 48.3 Å². The second kappa shape index (κ2) is 12.7. The second-order valence-corrected chi connectivity index (χ2v) is 8.96. The summed E-state index contributed by atoms with van der Waals surface area (Å²) in [6.45, 7) is 10.3. The summed E-state index contributed by atoms with van der Waals surface area (Å²) in [6, 6.07) is 15.3. The van der Waals surface area contributed by atoms with Gasteiger partial charge in [-0.25, -0.2) is 0 Å². The maximum atomic E-state index is 12.9. The van der Waals surface area contributed by atoms with Crippen LogP contribution in [0.5, 0.6) is 11.5 Å². The zero-order chi connectivity index (χ0) is 25.3. The molecule has 192 valence electrons. The number of hydrogen-bond acceptors (Lipinski definition) is 6. The van der Waals surface area contributed by atoms with E-state index in [1.165, 1.54) is 0 Å². The third kappa shape index (κ3) is 6.96. The quantitative estimate of drug-likeness (QED) is 0.398. The molecule has 0 bridgehead atoms. The predicted molar refractivity (Wildman–Crippen MR) is 147 cm³/mol. The number of benzene rings is 2. The van der Waals surface area contributed by atoms with Gasteiger partial charge in [-0.1, -0.05) is 0 Å². The van der Waals surface area contributed by atoms with Crippen molar-refractivity contribution in [2.24, 2.45) is 0 Å². The molecule has 1 saturated heterocycles. The van der Waals surface area contributed by atoms with E-state index in [4.69, 9.17) is 26.4 Å². The Morgan fingerprint density at radius 2 is 1.75 bits per heavy atom. The van der Waals surface area contributed by atoms with E-state index in [1.807, 2.05) is 67.3 Å². The van der Waals surface area contributed by atoms with Gasteiger partial charge in [-0.15, -0.1) is 0 Å². The highest BCUT2D eigenvalue weighted by molar-refractivity contribution is 7.80. The molecule has 0 atom stereocenters. The van der Waals surface area contributed by atoms with Crippen molar-refractivity contribution >= 4 is 33.9 Å². The first-order valence-electron chi connectivity index (χ1n) is 12.4. The summed E-state index contributed by atoms with van der Waals surface area (Å²) in [4.78, 5) is 20.4. The van der Waals surface area contributed by atoms with Crippen LogP contribution >= 0.6 is 12.2 Å². The maximum absolute atomic E-state index is 12.9. The summed E-state index contributed by atoms with van der Waals surface area (Å²) in [5, 5.41) is 4.82. The van der Waals surface area contributed by atoms with Crippen molar-refractivity contribution in [1.29, 1.82) is 0 Å². The lowest BCUT2D eigenvalue weighted by molar-refractivity contribution is 0.0358. The van der Waals surface area contributed by atoms with E-state index in [0.29, 0.717) is 37.0 Å². The number of rotatable bonds is 10. The van der Waals surface area contributed by atoms with Crippen LogP contribution in [0, 0.1) is 0 Å². The monoisotopic (exact) mass is 510 g/mol. The first-order chi connectivity index (χ1) is 17.6. The molecule has 1 aliphatic heterocycles. The van der Waals surface area contributed by atoms with Crippen LogP contribution in [0.3, 0.4) is 0 Å². The van der Waals surface area contributed by atoms with E-state index in [-0.39, 0.29) is 5.56 Å². The molecule has 8 nitrogen and oxygen atoms in total. The number of nitrogens with zero attached hydrogens (tertiary/aromatic N) is 2.